The summed E-state index contributed by atoms with van der Waals surface area (Å²) >= 11 is 1.47. The highest BCUT2D eigenvalue weighted by atomic mass is 32.1. The highest BCUT2D eigenvalue weighted by Gasteiger charge is 2.62. The molecule has 4 aliphatic heterocycles. The lowest BCUT2D eigenvalue weighted by Crippen LogP contribution is -2.66. The number of likely N-dealkylation sites (tertiary alicyclic amines) is 2. The molecule has 13 nitrogen and oxygen atoms in total. The number of hydrogen-bond donors (Lipinski definition) is 2. The molecule has 14 heteroatoms. The molecule has 6 heterocycles. The first-order valence-corrected chi connectivity index (χ1v) is 19.5. The molecule has 1 saturated carbocycles. The van der Waals surface area contributed by atoms with Gasteiger partial charge in [-0.1, -0.05) is 26.0 Å². The molecular weight excluding hydrogens is 671 g/mol. The highest BCUT2D eigenvalue weighted by molar-refractivity contribution is 7.17. The van der Waals surface area contributed by atoms with E-state index in [0.717, 1.165) is 42.6 Å². The molecule has 51 heavy (non-hydrogen) atoms. The van der Waals surface area contributed by atoms with Gasteiger partial charge in [0, 0.05) is 61.4 Å². The van der Waals surface area contributed by atoms with Crippen LogP contribution in [0, 0.1) is 33.5 Å². The minimum Gasteiger partial charge on any atom is -0.396 e. The lowest BCUT2D eigenvalue weighted by Gasteiger charge is -2.51. The van der Waals surface area contributed by atoms with Crippen molar-refractivity contribution in [3.05, 3.63) is 24.0 Å². The number of aliphatic hydroxyl groups is 1. The summed E-state index contributed by atoms with van der Waals surface area (Å²) in [4.78, 5) is 62.0. The number of fused-ring (bicyclic) bond motifs is 1. The maximum atomic E-state index is 14.7. The predicted octanol–water partition coefficient (Wildman–Crippen LogP) is 2.64. The van der Waals surface area contributed by atoms with E-state index in [0.29, 0.717) is 71.2 Å². The van der Waals surface area contributed by atoms with E-state index >= 15 is 0 Å². The Morgan fingerprint density at radius 3 is 2.57 bits per heavy atom. The van der Waals surface area contributed by atoms with Crippen LogP contribution in [-0.2, 0) is 23.9 Å². The summed E-state index contributed by atoms with van der Waals surface area (Å²) in [6.07, 6.45) is 10.3. The van der Waals surface area contributed by atoms with Crippen LogP contribution in [0.15, 0.2) is 24.0 Å². The number of thiazole rings is 1. The summed E-state index contributed by atoms with van der Waals surface area (Å²) in [7, 11) is 0. The monoisotopic (exact) mass is 721 g/mol. The van der Waals surface area contributed by atoms with Gasteiger partial charge in [0.25, 0.3) is 0 Å². The van der Waals surface area contributed by atoms with E-state index in [4.69, 9.17) is 9.47 Å². The summed E-state index contributed by atoms with van der Waals surface area (Å²) in [6, 6.07) is -0.910. The van der Waals surface area contributed by atoms with E-state index in [1.54, 1.807) is 5.51 Å². The summed E-state index contributed by atoms with van der Waals surface area (Å²) in [5.41, 5.74) is 1.47. The van der Waals surface area contributed by atoms with Crippen LogP contribution in [0.2, 0.25) is 0 Å². The standard InChI is InChI=1S/C37H51N7O6S/c1-24(50-21-35(18-45)8-5-4-6-9-35)27(33(48)42-11-7-10-36(14-42)19-49-20-36)41-31(46)26-13-43(30-28-29(38-22-39-30)40-23-51-28)15-37(26)16-44(17-37)32(47)25-12-34(25,2)3/h4-5,22-27,45H,6-21H2,1-3H3,(H,41,46)/t24-,25-,26+,27+,35?/m1/s1. The molecule has 4 saturated heterocycles. The lowest BCUT2D eigenvalue weighted by molar-refractivity contribution is -0.165. The van der Waals surface area contributed by atoms with Crippen LogP contribution in [0.25, 0.3) is 10.3 Å². The van der Waals surface area contributed by atoms with Crippen LogP contribution in [-0.4, -0.2) is 125 Å². The third-order valence-electron chi connectivity index (χ3n) is 12.9. The SMILES string of the molecule is C[C@@H](OCC1(CO)CC=CCC1)[C@H](NC(=O)[C@@H]1CN(c2ncnc3ncsc23)CC12CN(C(=O)[C@H]1CC1(C)C)C2)C(=O)N1CCCC2(COC2)C1. The molecular formula is C37H51N7O6S. The predicted molar refractivity (Wildman–Crippen MR) is 191 cm³/mol. The van der Waals surface area contributed by atoms with Crippen molar-refractivity contribution in [1.29, 1.82) is 0 Å². The summed E-state index contributed by atoms with van der Waals surface area (Å²) in [5.74, 6) is 0.0846. The zero-order valence-electron chi connectivity index (χ0n) is 30.0. The number of aliphatic hydroxyl groups excluding tert-OH is 1. The van der Waals surface area contributed by atoms with Gasteiger partial charge in [0.05, 0.1) is 44.0 Å². The first kappa shape index (κ1) is 34.9. The summed E-state index contributed by atoms with van der Waals surface area (Å²) in [5, 5.41) is 13.6. The molecule has 2 aromatic heterocycles. The Bertz CT molecular complexity index is 1700. The number of aromatic nitrogens is 3. The molecule has 5 fully saturated rings. The number of ether oxygens (including phenoxy) is 2. The van der Waals surface area contributed by atoms with Gasteiger partial charge in [0.2, 0.25) is 17.7 Å². The van der Waals surface area contributed by atoms with Crippen LogP contribution >= 0.6 is 11.3 Å². The zero-order chi connectivity index (χ0) is 35.6. The van der Waals surface area contributed by atoms with Crippen LogP contribution in [0.4, 0.5) is 5.82 Å². The fourth-order valence-electron chi connectivity index (χ4n) is 9.22. The van der Waals surface area contributed by atoms with Crippen molar-refractivity contribution in [3.63, 3.8) is 0 Å². The lowest BCUT2D eigenvalue weighted by atomic mass is 9.70. The second-order valence-corrected chi connectivity index (χ2v) is 18.0. The topological polar surface area (TPSA) is 150 Å². The van der Waals surface area contributed by atoms with Gasteiger partial charge >= 0.3 is 0 Å². The fraction of sp³-hybridized carbons (Fsp3) is 0.730. The molecule has 2 aliphatic carbocycles. The molecule has 0 radical (unpaired) electrons. The first-order valence-electron chi connectivity index (χ1n) is 18.6. The Balaban J connectivity index is 1.05. The number of carbonyl (C=O) groups is 3. The quantitative estimate of drug-likeness (QED) is 0.351. The van der Waals surface area contributed by atoms with E-state index in [-0.39, 0.29) is 41.1 Å². The molecule has 5 atom stereocenters. The fourth-order valence-corrected chi connectivity index (χ4v) is 9.97. The van der Waals surface area contributed by atoms with E-state index in [2.05, 4.69) is 51.2 Å². The van der Waals surface area contributed by atoms with Crippen molar-refractivity contribution < 1.29 is 29.0 Å². The molecule has 0 bridgehead atoms. The van der Waals surface area contributed by atoms with Crippen molar-refractivity contribution in [3.8, 4) is 0 Å². The molecule has 2 spiro atoms. The van der Waals surface area contributed by atoms with Crippen LogP contribution < -0.4 is 10.2 Å². The average Bonchev–Trinajstić information content (AvgIpc) is 3.43. The van der Waals surface area contributed by atoms with Gasteiger partial charge in [-0.15, -0.1) is 11.3 Å². The highest BCUT2D eigenvalue weighted by Crippen LogP contribution is 2.55. The second kappa shape index (κ2) is 13.0. The number of hydrogen-bond acceptors (Lipinski definition) is 11. The molecule has 276 valence electrons. The molecule has 3 amide bonds. The number of nitrogens with one attached hydrogen (secondary N) is 1. The third-order valence-corrected chi connectivity index (χ3v) is 13.7. The largest absolute Gasteiger partial charge is 0.396 e. The van der Waals surface area contributed by atoms with E-state index in [1.807, 2.05) is 16.7 Å². The number of carbonyl (C=O) groups excluding carboxylic acids is 3. The van der Waals surface area contributed by atoms with Crippen molar-refractivity contribution >= 4 is 45.2 Å². The molecule has 2 N–H and O–H groups in total. The van der Waals surface area contributed by atoms with E-state index in [1.165, 1.54) is 17.7 Å². The number of piperidine rings is 1. The summed E-state index contributed by atoms with van der Waals surface area (Å²) in [6.45, 7) is 10.8. The van der Waals surface area contributed by atoms with E-state index in [9.17, 15) is 19.5 Å². The van der Waals surface area contributed by atoms with Crippen molar-refractivity contribution in [2.24, 2.45) is 33.5 Å². The van der Waals surface area contributed by atoms with E-state index < -0.39 is 28.9 Å². The molecule has 2 aromatic rings. The second-order valence-electron chi connectivity index (χ2n) is 17.2. The van der Waals surface area contributed by atoms with Gasteiger partial charge < -0.3 is 34.6 Å². The number of rotatable bonds is 10. The minimum absolute atomic E-state index is 0.00651. The molecule has 1 unspecified atom stereocenters. The Labute approximate surface area is 303 Å². The smallest absolute Gasteiger partial charge is 0.247 e. The van der Waals surface area contributed by atoms with Gasteiger partial charge in [-0.05, 0) is 50.9 Å². The van der Waals surface area contributed by atoms with Crippen LogP contribution in [0.1, 0.15) is 59.3 Å². The molecule has 0 aromatic carbocycles. The van der Waals surface area contributed by atoms with Crippen molar-refractivity contribution in [2.45, 2.75) is 71.4 Å². The third kappa shape index (κ3) is 6.33. The van der Waals surface area contributed by atoms with Crippen molar-refractivity contribution in [1.82, 2.24) is 30.1 Å². The van der Waals surface area contributed by atoms with Gasteiger partial charge in [-0.2, -0.15) is 0 Å². The molecule has 6 aliphatic rings. The van der Waals surface area contributed by atoms with Crippen molar-refractivity contribution in [2.75, 3.05) is 70.6 Å². The minimum atomic E-state index is -0.910. The molecule has 8 rings (SSSR count). The zero-order valence-corrected chi connectivity index (χ0v) is 30.8. The number of allylic oxidation sites excluding steroid dienone is 2. The van der Waals surface area contributed by atoms with Crippen LogP contribution in [0.3, 0.4) is 0 Å². The average molecular weight is 722 g/mol. The van der Waals surface area contributed by atoms with Crippen LogP contribution in [0.5, 0.6) is 0 Å². The Morgan fingerprint density at radius 1 is 1.08 bits per heavy atom. The number of nitrogens with zero attached hydrogens (tertiary/aromatic N) is 6. The Kier molecular flexibility index (Phi) is 8.91. The number of amides is 3. The Hall–Kier alpha value is -3.20. The maximum Gasteiger partial charge on any atom is 0.247 e. The van der Waals surface area contributed by atoms with Gasteiger partial charge in [0.1, 0.15) is 17.1 Å². The first-order chi connectivity index (χ1) is 24.5. The summed E-state index contributed by atoms with van der Waals surface area (Å²) < 4.78 is 12.9. The van der Waals surface area contributed by atoms with Gasteiger partial charge in [-0.25, -0.2) is 15.0 Å². The normalized spacial score (nSPS) is 29.8. The maximum absolute atomic E-state index is 14.7. The van der Waals surface area contributed by atoms with Gasteiger partial charge in [-0.3, -0.25) is 14.4 Å². The number of anilines is 1. The Morgan fingerprint density at radius 2 is 1.88 bits per heavy atom. The van der Waals surface area contributed by atoms with Gasteiger partial charge in [0.15, 0.2) is 11.5 Å².